The third-order valence-electron chi connectivity index (χ3n) is 6.91. The maximum Gasteiger partial charge on any atom is 0.335 e. The maximum absolute atomic E-state index is 12.7. The Morgan fingerprint density at radius 3 is 1.57 bits per heavy atom. The van der Waals surface area contributed by atoms with Crippen LogP contribution in [0.2, 0.25) is 0 Å². The summed E-state index contributed by atoms with van der Waals surface area (Å²) < 4.78 is 0. The van der Waals surface area contributed by atoms with Gasteiger partial charge in [0.25, 0.3) is 0 Å². The van der Waals surface area contributed by atoms with Crippen molar-refractivity contribution in [2.45, 2.75) is 19.3 Å². The molecule has 1 aliphatic carbocycles. The van der Waals surface area contributed by atoms with Gasteiger partial charge in [-0.25, -0.2) is 4.79 Å². The lowest BCUT2D eigenvalue weighted by atomic mass is 9.55. The Morgan fingerprint density at radius 1 is 0.733 bits per heavy atom. The lowest BCUT2D eigenvalue weighted by Gasteiger charge is -2.45. The van der Waals surface area contributed by atoms with Gasteiger partial charge in [-0.3, -0.25) is 9.59 Å². The van der Waals surface area contributed by atoms with Gasteiger partial charge in [0.05, 0.1) is 5.57 Å². The molecule has 2 unspecified atom stereocenters. The molecular weight excluding hydrogens is 390 g/mol. The highest BCUT2D eigenvalue weighted by molar-refractivity contribution is 5.98. The molecule has 2 atom stereocenters. The zero-order valence-electron chi connectivity index (χ0n) is 17.0. The number of aliphatic carboxylic acids is 3. The molecular formula is C21H29N3O6. The predicted molar refractivity (Wildman–Crippen MR) is 107 cm³/mol. The minimum absolute atomic E-state index is 0.0614. The Labute approximate surface area is 175 Å². The van der Waals surface area contributed by atoms with E-state index in [-0.39, 0.29) is 18.4 Å². The largest absolute Gasteiger partial charge is 0.481 e. The van der Waals surface area contributed by atoms with Crippen LogP contribution in [0.4, 0.5) is 0 Å². The Bertz CT molecular complexity index is 812. The van der Waals surface area contributed by atoms with Crippen LogP contribution in [0, 0.1) is 10.8 Å². The average Bonchev–Trinajstić information content (AvgIpc) is 3.55. The molecule has 0 radical (unpaired) electrons. The van der Waals surface area contributed by atoms with Crippen LogP contribution in [-0.4, -0.2) is 107 Å². The van der Waals surface area contributed by atoms with Crippen LogP contribution >= 0.6 is 0 Å². The van der Waals surface area contributed by atoms with Crippen molar-refractivity contribution in [3.63, 3.8) is 0 Å². The van der Waals surface area contributed by atoms with Crippen LogP contribution < -0.4 is 0 Å². The van der Waals surface area contributed by atoms with E-state index in [1.54, 1.807) is 0 Å². The van der Waals surface area contributed by atoms with Crippen molar-refractivity contribution >= 4 is 17.9 Å². The van der Waals surface area contributed by atoms with Crippen molar-refractivity contribution in [2.24, 2.45) is 10.8 Å². The van der Waals surface area contributed by atoms with E-state index in [2.05, 4.69) is 9.80 Å². The van der Waals surface area contributed by atoms with Gasteiger partial charge < -0.3 is 30.0 Å². The summed E-state index contributed by atoms with van der Waals surface area (Å²) in [6.45, 7) is 6.94. The minimum Gasteiger partial charge on any atom is -0.481 e. The number of carboxylic acid groups (broad SMARTS) is 3. The summed E-state index contributed by atoms with van der Waals surface area (Å²) >= 11 is 0. The maximum atomic E-state index is 12.7. The smallest absolute Gasteiger partial charge is 0.335 e. The molecule has 3 aliphatic heterocycles. The number of rotatable bonds is 12. The quantitative estimate of drug-likeness (QED) is 0.381. The van der Waals surface area contributed by atoms with Gasteiger partial charge in [-0.1, -0.05) is 12.2 Å². The van der Waals surface area contributed by atoms with Gasteiger partial charge in [-0.15, -0.1) is 0 Å². The molecule has 4 rings (SSSR count). The van der Waals surface area contributed by atoms with Crippen LogP contribution in [-0.2, 0) is 14.4 Å². The lowest BCUT2D eigenvalue weighted by Crippen LogP contribution is -2.54. The van der Waals surface area contributed by atoms with Crippen molar-refractivity contribution in [3.8, 4) is 0 Å². The number of hydrogen-bond acceptors (Lipinski definition) is 6. The second-order valence-corrected chi connectivity index (χ2v) is 8.86. The Hall–Kier alpha value is -2.23. The van der Waals surface area contributed by atoms with Crippen molar-refractivity contribution in [1.29, 1.82) is 0 Å². The van der Waals surface area contributed by atoms with Crippen molar-refractivity contribution in [1.82, 2.24) is 14.7 Å². The van der Waals surface area contributed by atoms with E-state index in [9.17, 15) is 29.7 Å². The van der Waals surface area contributed by atoms with Gasteiger partial charge in [0.2, 0.25) is 0 Å². The molecule has 0 aromatic carbocycles. The van der Waals surface area contributed by atoms with E-state index in [1.165, 1.54) is 12.2 Å². The third kappa shape index (κ3) is 4.01. The molecule has 4 aliphatic rings. The highest BCUT2D eigenvalue weighted by Crippen LogP contribution is 2.54. The molecule has 0 amide bonds. The second kappa shape index (κ2) is 7.79. The summed E-state index contributed by atoms with van der Waals surface area (Å²) in [5.74, 6) is -3.66. The molecule has 0 aromatic heterocycles. The first kappa shape index (κ1) is 21.0. The van der Waals surface area contributed by atoms with E-state index in [1.807, 2.05) is 4.90 Å². The molecule has 30 heavy (non-hydrogen) atoms. The molecule has 9 heteroatoms. The summed E-state index contributed by atoms with van der Waals surface area (Å²) in [6.07, 6.45) is 3.36. The van der Waals surface area contributed by atoms with Gasteiger partial charge in [0.15, 0.2) is 0 Å². The lowest BCUT2D eigenvalue weighted by molar-refractivity contribution is -0.167. The number of carbonyl (C=O) groups is 3. The Balaban J connectivity index is 1.77. The molecule has 164 valence electrons. The normalized spacial score (nSPS) is 31.1. The predicted octanol–water partition coefficient (Wildman–Crippen LogP) is 0.197. The standard InChI is InChI=1S/C21H29N3O6/c25-17(26)16-14-21(19(29)30,3-6-24-11-12-24)20(18(27)28,2-5-23-9-10-23)13-15(16)1-4-22-7-8-22/h13-14H,1-12H2,(H,25,26)(H,27,28)(H,29,30). The van der Waals surface area contributed by atoms with Crippen LogP contribution in [0.15, 0.2) is 23.3 Å². The first-order valence-electron chi connectivity index (χ1n) is 10.6. The zero-order valence-corrected chi connectivity index (χ0v) is 17.0. The first-order chi connectivity index (χ1) is 14.3. The van der Waals surface area contributed by atoms with Crippen LogP contribution in [0.1, 0.15) is 19.3 Å². The fourth-order valence-electron chi connectivity index (χ4n) is 4.52. The van der Waals surface area contributed by atoms with Gasteiger partial charge in [-0.05, 0) is 37.9 Å². The monoisotopic (exact) mass is 419 g/mol. The van der Waals surface area contributed by atoms with Crippen molar-refractivity contribution in [2.75, 3.05) is 58.9 Å². The summed E-state index contributed by atoms with van der Waals surface area (Å²) in [5.41, 5.74) is -3.10. The first-order valence-corrected chi connectivity index (χ1v) is 10.6. The molecule has 0 bridgehead atoms. The van der Waals surface area contributed by atoms with E-state index in [4.69, 9.17) is 0 Å². The Morgan fingerprint density at radius 2 is 1.17 bits per heavy atom. The SMILES string of the molecule is O=C(O)C1=CC(CCN2CC2)(C(=O)O)C(CCN2CC2)(C(=O)O)C=C1CCN1CC1. The minimum atomic E-state index is -1.80. The van der Waals surface area contributed by atoms with Crippen molar-refractivity contribution in [3.05, 3.63) is 23.3 Å². The van der Waals surface area contributed by atoms with Crippen LogP contribution in [0.25, 0.3) is 0 Å². The molecule has 3 fully saturated rings. The molecule has 0 aromatic rings. The van der Waals surface area contributed by atoms with Gasteiger partial charge in [0, 0.05) is 45.8 Å². The number of carboxylic acids is 3. The number of hydrogen-bond donors (Lipinski definition) is 3. The molecule has 9 nitrogen and oxygen atoms in total. The molecule has 0 spiro atoms. The number of nitrogens with zero attached hydrogens (tertiary/aromatic N) is 3. The van der Waals surface area contributed by atoms with Crippen molar-refractivity contribution < 1.29 is 29.7 Å². The Kier molecular flexibility index (Phi) is 5.46. The topological polar surface area (TPSA) is 121 Å². The van der Waals surface area contributed by atoms with Gasteiger partial charge in [0.1, 0.15) is 10.8 Å². The highest BCUT2D eigenvalue weighted by atomic mass is 16.4. The second-order valence-electron chi connectivity index (χ2n) is 8.86. The van der Waals surface area contributed by atoms with E-state index in [0.717, 1.165) is 39.3 Å². The van der Waals surface area contributed by atoms with Gasteiger partial charge in [-0.2, -0.15) is 0 Å². The summed E-state index contributed by atoms with van der Waals surface area (Å²) in [5, 5.41) is 30.6. The van der Waals surface area contributed by atoms with E-state index < -0.39 is 28.7 Å². The molecule has 0 saturated carbocycles. The summed E-state index contributed by atoms with van der Waals surface area (Å²) in [7, 11) is 0. The third-order valence-corrected chi connectivity index (χ3v) is 6.91. The summed E-state index contributed by atoms with van der Waals surface area (Å²) in [6, 6.07) is 0. The fourth-order valence-corrected chi connectivity index (χ4v) is 4.52. The molecule has 3 N–H and O–H groups in total. The van der Waals surface area contributed by atoms with Gasteiger partial charge >= 0.3 is 17.9 Å². The van der Waals surface area contributed by atoms with Crippen LogP contribution in [0.5, 0.6) is 0 Å². The average molecular weight is 419 g/mol. The van der Waals surface area contributed by atoms with Crippen LogP contribution in [0.3, 0.4) is 0 Å². The molecule has 3 saturated heterocycles. The zero-order chi connectivity index (χ0) is 21.5. The highest BCUT2D eigenvalue weighted by Gasteiger charge is 2.61. The summed E-state index contributed by atoms with van der Waals surface area (Å²) in [4.78, 5) is 43.7. The fraction of sp³-hybridized carbons (Fsp3) is 0.667. The molecule has 3 heterocycles. The van der Waals surface area contributed by atoms with E-state index >= 15 is 0 Å². The van der Waals surface area contributed by atoms with E-state index in [0.29, 0.717) is 31.6 Å².